The minimum Gasteiger partial charge on any atom is -0.372 e. The number of aromatic nitrogens is 1. The van der Waals surface area contributed by atoms with Gasteiger partial charge in [-0.3, -0.25) is 0 Å². The highest BCUT2D eigenvalue weighted by Crippen LogP contribution is 2.31. The molecular weight excluding hydrogens is 342 g/mol. The molecule has 0 aliphatic heterocycles. The summed E-state index contributed by atoms with van der Waals surface area (Å²) in [5, 5.41) is 2.85. The van der Waals surface area contributed by atoms with Crippen molar-refractivity contribution in [1.29, 1.82) is 0 Å². The molecule has 0 unspecified atom stereocenters. The number of pyridine rings is 1. The maximum atomic E-state index is 12.8. The summed E-state index contributed by atoms with van der Waals surface area (Å²) in [6.45, 7) is 2.96. The Labute approximate surface area is 129 Å². The predicted molar refractivity (Wildman–Crippen MR) is 83.3 cm³/mol. The molecule has 20 heavy (non-hydrogen) atoms. The Morgan fingerprint density at radius 2 is 2.20 bits per heavy atom. The highest BCUT2D eigenvalue weighted by Gasteiger charge is 2.30. The number of rotatable bonds is 6. The number of halogens is 1. The molecule has 2 rings (SSSR count). The molecular formula is C13H20BrN3O2S. The lowest BCUT2D eigenvalue weighted by molar-refractivity contribution is 0.250. The fourth-order valence-corrected chi connectivity index (χ4v) is 4.49. The van der Waals surface area contributed by atoms with Crippen LogP contribution < -0.4 is 5.32 Å². The number of sulfonamides is 1. The van der Waals surface area contributed by atoms with E-state index >= 15 is 0 Å². The molecule has 0 bridgehead atoms. The smallest absolute Gasteiger partial charge is 0.246 e. The van der Waals surface area contributed by atoms with E-state index in [4.69, 9.17) is 0 Å². The van der Waals surface area contributed by atoms with Crippen molar-refractivity contribution in [2.75, 3.05) is 25.5 Å². The summed E-state index contributed by atoms with van der Waals surface area (Å²) < 4.78 is 27.8. The molecule has 5 nitrogen and oxygen atoms in total. The third-order valence-electron chi connectivity index (χ3n) is 3.71. The molecule has 0 spiro atoms. The molecule has 7 heteroatoms. The van der Waals surface area contributed by atoms with Gasteiger partial charge in [-0.1, -0.05) is 13.3 Å². The van der Waals surface area contributed by atoms with Gasteiger partial charge in [0.2, 0.25) is 10.0 Å². The number of anilines is 1. The van der Waals surface area contributed by atoms with E-state index in [1.807, 2.05) is 6.92 Å². The van der Waals surface area contributed by atoms with Crippen LogP contribution in [0.2, 0.25) is 0 Å². The lowest BCUT2D eigenvalue weighted by atomic mass is 9.85. The van der Waals surface area contributed by atoms with Crippen molar-refractivity contribution in [2.45, 2.75) is 31.1 Å². The molecule has 1 aromatic rings. The second kappa shape index (κ2) is 6.41. The van der Waals surface area contributed by atoms with E-state index in [2.05, 4.69) is 26.2 Å². The summed E-state index contributed by atoms with van der Waals surface area (Å²) in [4.78, 5) is 4.36. The molecule has 0 aromatic carbocycles. The normalized spacial score (nSPS) is 16.2. The van der Waals surface area contributed by atoms with E-state index in [1.165, 1.54) is 6.42 Å². The van der Waals surface area contributed by atoms with Gasteiger partial charge in [-0.05, 0) is 40.8 Å². The Hall–Kier alpha value is -0.660. The lowest BCUT2D eigenvalue weighted by Gasteiger charge is -2.31. The Morgan fingerprint density at radius 1 is 1.50 bits per heavy atom. The molecule has 0 saturated heterocycles. The van der Waals surface area contributed by atoms with Crippen molar-refractivity contribution >= 4 is 31.8 Å². The third kappa shape index (κ3) is 3.15. The van der Waals surface area contributed by atoms with E-state index in [1.54, 1.807) is 23.6 Å². The number of hydrogen-bond acceptors (Lipinski definition) is 4. The number of nitrogens with zero attached hydrogens (tertiary/aromatic N) is 2. The summed E-state index contributed by atoms with van der Waals surface area (Å²) in [6, 6.07) is 1.61. The van der Waals surface area contributed by atoms with Crippen molar-refractivity contribution in [1.82, 2.24) is 9.29 Å². The van der Waals surface area contributed by atoms with Crippen LogP contribution in [0.15, 0.2) is 21.6 Å². The predicted octanol–water partition coefficient (Wildman–Crippen LogP) is 2.70. The zero-order valence-electron chi connectivity index (χ0n) is 11.8. The number of hydrogen-bond donors (Lipinski definition) is 1. The molecule has 0 atom stereocenters. The fraction of sp³-hybridized carbons (Fsp3) is 0.615. The first-order valence-corrected chi connectivity index (χ1v) is 9.05. The molecule has 1 saturated carbocycles. The van der Waals surface area contributed by atoms with Gasteiger partial charge in [-0.15, -0.1) is 0 Å². The Kier molecular flexibility index (Phi) is 5.04. The summed E-state index contributed by atoms with van der Waals surface area (Å²) in [5.74, 6) is 0.892. The van der Waals surface area contributed by atoms with E-state index < -0.39 is 10.0 Å². The van der Waals surface area contributed by atoms with Gasteiger partial charge in [0, 0.05) is 30.8 Å². The molecule has 1 N–H and O–H groups in total. The highest BCUT2D eigenvalue weighted by atomic mass is 79.9. The topological polar surface area (TPSA) is 62.3 Å². The van der Waals surface area contributed by atoms with E-state index in [-0.39, 0.29) is 4.90 Å². The molecule has 1 aromatic heterocycles. The largest absolute Gasteiger partial charge is 0.372 e. The van der Waals surface area contributed by atoms with Crippen LogP contribution >= 0.6 is 15.9 Å². The van der Waals surface area contributed by atoms with Crippen LogP contribution in [0.4, 0.5) is 5.82 Å². The van der Waals surface area contributed by atoms with Crippen LogP contribution in [0.5, 0.6) is 0 Å². The molecule has 1 aliphatic rings. The van der Waals surface area contributed by atoms with Crippen LogP contribution in [0.3, 0.4) is 0 Å². The Morgan fingerprint density at radius 3 is 2.70 bits per heavy atom. The highest BCUT2D eigenvalue weighted by molar-refractivity contribution is 9.10. The first-order chi connectivity index (χ1) is 9.48. The van der Waals surface area contributed by atoms with Gasteiger partial charge in [0.15, 0.2) is 0 Å². The zero-order valence-corrected chi connectivity index (χ0v) is 14.2. The fourth-order valence-electron chi connectivity index (χ4n) is 2.30. The summed E-state index contributed by atoms with van der Waals surface area (Å²) in [6.07, 6.45) is 5.05. The van der Waals surface area contributed by atoms with Gasteiger partial charge in [-0.2, -0.15) is 4.31 Å². The monoisotopic (exact) mass is 361 g/mol. The Balaban J connectivity index is 2.33. The van der Waals surface area contributed by atoms with Gasteiger partial charge < -0.3 is 5.32 Å². The van der Waals surface area contributed by atoms with Gasteiger partial charge in [0.05, 0.1) is 0 Å². The van der Waals surface area contributed by atoms with Gasteiger partial charge in [-0.25, -0.2) is 13.4 Å². The maximum Gasteiger partial charge on any atom is 0.246 e. The average Bonchev–Trinajstić information content (AvgIpc) is 2.37. The van der Waals surface area contributed by atoms with E-state index in [0.717, 1.165) is 12.8 Å². The standard InChI is InChI=1S/C13H20BrN3O2S/c1-3-17(9-10-5-4-6-10)20(18,19)12-7-11(14)8-16-13(12)15-2/h7-8,10H,3-6,9H2,1-2H3,(H,15,16). The average molecular weight is 362 g/mol. The number of nitrogens with one attached hydrogen (secondary N) is 1. The van der Waals surface area contributed by atoms with Crippen molar-refractivity contribution in [2.24, 2.45) is 5.92 Å². The quantitative estimate of drug-likeness (QED) is 0.845. The van der Waals surface area contributed by atoms with Crippen molar-refractivity contribution in [3.8, 4) is 0 Å². The van der Waals surface area contributed by atoms with Crippen LogP contribution in [0.25, 0.3) is 0 Å². The van der Waals surface area contributed by atoms with E-state index in [9.17, 15) is 8.42 Å². The van der Waals surface area contributed by atoms with Gasteiger partial charge >= 0.3 is 0 Å². The molecule has 0 amide bonds. The first kappa shape index (κ1) is 15.7. The summed E-state index contributed by atoms with van der Waals surface area (Å²) >= 11 is 3.29. The Bertz CT molecular complexity index is 573. The minimum atomic E-state index is -3.51. The van der Waals surface area contributed by atoms with Crippen molar-refractivity contribution < 1.29 is 8.42 Å². The third-order valence-corrected chi connectivity index (χ3v) is 6.10. The molecule has 1 aliphatic carbocycles. The van der Waals surface area contributed by atoms with Crippen LogP contribution in [0, 0.1) is 5.92 Å². The molecule has 1 heterocycles. The van der Waals surface area contributed by atoms with Crippen LogP contribution in [0.1, 0.15) is 26.2 Å². The van der Waals surface area contributed by atoms with Crippen molar-refractivity contribution in [3.63, 3.8) is 0 Å². The first-order valence-electron chi connectivity index (χ1n) is 6.82. The SMILES string of the molecule is CCN(CC1CCC1)S(=O)(=O)c1cc(Br)cnc1NC. The van der Waals surface area contributed by atoms with Crippen LogP contribution in [-0.4, -0.2) is 37.8 Å². The van der Waals surface area contributed by atoms with E-state index in [0.29, 0.717) is 29.3 Å². The minimum absolute atomic E-state index is 0.232. The van der Waals surface area contributed by atoms with Gasteiger partial charge in [0.25, 0.3) is 0 Å². The molecule has 0 radical (unpaired) electrons. The van der Waals surface area contributed by atoms with Crippen molar-refractivity contribution in [3.05, 3.63) is 16.7 Å². The molecule has 112 valence electrons. The summed E-state index contributed by atoms with van der Waals surface area (Å²) in [5.41, 5.74) is 0. The van der Waals surface area contributed by atoms with Gasteiger partial charge in [0.1, 0.15) is 10.7 Å². The second-order valence-corrected chi connectivity index (χ2v) is 7.82. The lowest BCUT2D eigenvalue weighted by Crippen LogP contribution is -2.37. The molecule has 1 fully saturated rings. The van der Waals surface area contributed by atoms with Crippen LogP contribution in [-0.2, 0) is 10.0 Å². The zero-order chi connectivity index (χ0) is 14.8. The second-order valence-electron chi connectivity index (χ2n) is 5.00. The maximum absolute atomic E-state index is 12.8. The summed E-state index contributed by atoms with van der Waals surface area (Å²) in [7, 11) is -1.83.